The van der Waals surface area contributed by atoms with Crippen molar-refractivity contribution in [2.24, 2.45) is 0 Å². The Bertz CT molecular complexity index is 279. The second kappa shape index (κ2) is 7.66. The van der Waals surface area contributed by atoms with Crippen LogP contribution < -0.4 is 10.6 Å². The molecule has 0 bridgehead atoms. The number of piperidine rings is 1. The quantitative estimate of drug-likeness (QED) is 0.695. The fourth-order valence-electron chi connectivity index (χ4n) is 1.84. The summed E-state index contributed by atoms with van der Waals surface area (Å²) in [4.78, 5) is 11.4. The van der Waals surface area contributed by atoms with Crippen LogP contribution in [0.2, 0.25) is 0 Å². The van der Waals surface area contributed by atoms with Gasteiger partial charge in [-0.25, -0.2) is 0 Å². The molecule has 8 heteroatoms. The molecule has 1 heterocycles. The lowest BCUT2D eigenvalue weighted by Gasteiger charge is -2.31. The summed E-state index contributed by atoms with van der Waals surface area (Å²) in [5.41, 5.74) is 0. The molecule has 2 unspecified atom stereocenters. The number of ether oxygens (including phenoxy) is 2. The predicted octanol–water partition coefficient (Wildman–Crippen LogP) is 0.448. The van der Waals surface area contributed by atoms with Crippen molar-refractivity contribution >= 4 is 5.91 Å². The second-order valence-corrected chi connectivity index (χ2v) is 4.39. The van der Waals surface area contributed by atoms with Gasteiger partial charge in [0, 0.05) is 19.7 Å². The van der Waals surface area contributed by atoms with Crippen molar-refractivity contribution in [2.45, 2.75) is 31.1 Å². The van der Waals surface area contributed by atoms with Crippen LogP contribution in [0.3, 0.4) is 0 Å². The van der Waals surface area contributed by atoms with Crippen molar-refractivity contribution < 1.29 is 27.4 Å². The summed E-state index contributed by atoms with van der Waals surface area (Å²) < 4.78 is 46.9. The van der Waals surface area contributed by atoms with Gasteiger partial charge in [-0.15, -0.1) is 0 Å². The average molecular weight is 284 g/mol. The maximum Gasteiger partial charge on any atom is 0.403 e. The lowest BCUT2D eigenvalue weighted by molar-refractivity contribution is -0.161. The number of halogens is 3. The van der Waals surface area contributed by atoms with E-state index in [9.17, 15) is 18.0 Å². The van der Waals surface area contributed by atoms with Crippen LogP contribution in [0.1, 0.15) is 12.8 Å². The molecule has 1 amide bonds. The first-order valence-electron chi connectivity index (χ1n) is 6.09. The Morgan fingerprint density at radius 1 is 1.37 bits per heavy atom. The summed E-state index contributed by atoms with van der Waals surface area (Å²) in [6.45, 7) is 0.713. The van der Waals surface area contributed by atoms with Gasteiger partial charge in [0.1, 0.15) is 12.6 Å². The van der Waals surface area contributed by atoms with E-state index >= 15 is 0 Å². The van der Waals surface area contributed by atoms with Crippen molar-refractivity contribution in [1.29, 1.82) is 0 Å². The van der Waals surface area contributed by atoms with Crippen LogP contribution in [0.15, 0.2) is 0 Å². The number of rotatable bonds is 6. The zero-order valence-corrected chi connectivity index (χ0v) is 10.8. The van der Waals surface area contributed by atoms with E-state index in [-0.39, 0.29) is 31.5 Å². The summed E-state index contributed by atoms with van der Waals surface area (Å²) in [5.74, 6) is -0.326. The number of nitrogens with one attached hydrogen (secondary N) is 2. The van der Waals surface area contributed by atoms with E-state index in [0.717, 1.165) is 0 Å². The molecule has 0 aromatic heterocycles. The topological polar surface area (TPSA) is 59.6 Å². The molecule has 19 heavy (non-hydrogen) atoms. The highest BCUT2D eigenvalue weighted by Gasteiger charge is 2.41. The molecule has 2 N–H and O–H groups in total. The molecule has 1 fully saturated rings. The maximum absolute atomic E-state index is 12.4. The van der Waals surface area contributed by atoms with Crippen LogP contribution in [-0.4, -0.2) is 57.6 Å². The lowest BCUT2D eigenvalue weighted by Crippen LogP contribution is -2.54. The van der Waals surface area contributed by atoms with Gasteiger partial charge in [0.2, 0.25) is 5.91 Å². The van der Waals surface area contributed by atoms with E-state index in [1.54, 1.807) is 0 Å². The van der Waals surface area contributed by atoms with Gasteiger partial charge in [-0.05, 0) is 12.8 Å². The van der Waals surface area contributed by atoms with Crippen LogP contribution in [-0.2, 0) is 14.3 Å². The van der Waals surface area contributed by atoms with Gasteiger partial charge in [-0.2, -0.15) is 13.2 Å². The molecular formula is C11H19F3N2O3. The highest BCUT2D eigenvalue weighted by molar-refractivity contribution is 5.77. The Kier molecular flexibility index (Phi) is 6.53. The Morgan fingerprint density at radius 2 is 2.11 bits per heavy atom. The first kappa shape index (κ1) is 16.2. The average Bonchev–Trinajstić information content (AvgIpc) is 2.34. The van der Waals surface area contributed by atoms with E-state index in [2.05, 4.69) is 10.6 Å². The molecule has 112 valence electrons. The Balaban J connectivity index is 2.16. The minimum Gasteiger partial charge on any atom is -0.382 e. The van der Waals surface area contributed by atoms with Gasteiger partial charge in [0.25, 0.3) is 0 Å². The molecule has 1 saturated heterocycles. The number of carbonyl (C=O) groups is 1. The Morgan fingerprint density at radius 3 is 2.63 bits per heavy atom. The minimum absolute atomic E-state index is 0.0288. The lowest BCUT2D eigenvalue weighted by atomic mass is 10.0. The molecule has 1 rings (SSSR count). The van der Waals surface area contributed by atoms with Crippen molar-refractivity contribution in [1.82, 2.24) is 10.6 Å². The van der Waals surface area contributed by atoms with Crippen molar-refractivity contribution in [3.05, 3.63) is 0 Å². The Labute approximate surface area is 109 Å². The third-order valence-corrected chi connectivity index (χ3v) is 2.84. The van der Waals surface area contributed by atoms with Crippen molar-refractivity contribution in [2.75, 3.05) is 33.5 Å². The first-order valence-corrected chi connectivity index (χ1v) is 6.09. The molecule has 5 nitrogen and oxygen atoms in total. The summed E-state index contributed by atoms with van der Waals surface area (Å²) in [6, 6.07) is -1.75. The number of amides is 1. The molecule has 0 aliphatic carbocycles. The van der Waals surface area contributed by atoms with E-state index in [0.29, 0.717) is 19.6 Å². The molecule has 1 aliphatic heterocycles. The number of hydrogen-bond donors (Lipinski definition) is 2. The molecule has 0 aromatic rings. The van der Waals surface area contributed by atoms with E-state index in [1.165, 1.54) is 7.11 Å². The zero-order valence-electron chi connectivity index (χ0n) is 10.8. The largest absolute Gasteiger partial charge is 0.403 e. The highest BCUT2D eigenvalue weighted by atomic mass is 19.4. The molecule has 0 saturated carbocycles. The molecule has 0 radical (unpaired) electrons. The number of methoxy groups -OCH3 is 1. The van der Waals surface area contributed by atoms with Crippen molar-refractivity contribution in [3.63, 3.8) is 0 Å². The molecular weight excluding hydrogens is 265 g/mol. The number of hydrogen-bond acceptors (Lipinski definition) is 4. The van der Waals surface area contributed by atoms with Crippen LogP contribution in [0.4, 0.5) is 13.2 Å². The molecule has 0 spiro atoms. The van der Waals surface area contributed by atoms with Crippen LogP contribution in [0, 0.1) is 0 Å². The number of alkyl halides is 3. The van der Waals surface area contributed by atoms with E-state index in [1.807, 2.05) is 0 Å². The fourth-order valence-corrected chi connectivity index (χ4v) is 1.84. The Hall–Kier alpha value is -0.860. The summed E-state index contributed by atoms with van der Waals surface area (Å²) >= 11 is 0. The van der Waals surface area contributed by atoms with E-state index in [4.69, 9.17) is 9.47 Å². The molecule has 1 aliphatic rings. The predicted molar refractivity (Wildman–Crippen MR) is 61.7 cm³/mol. The van der Waals surface area contributed by atoms with Crippen LogP contribution in [0.25, 0.3) is 0 Å². The minimum atomic E-state index is -4.22. The van der Waals surface area contributed by atoms with Gasteiger partial charge in [-0.1, -0.05) is 0 Å². The summed E-state index contributed by atoms with van der Waals surface area (Å²) in [5, 5.41) is 5.02. The van der Waals surface area contributed by atoms with Gasteiger partial charge < -0.3 is 20.1 Å². The van der Waals surface area contributed by atoms with E-state index < -0.39 is 12.2 Å². The third kappa shape index (κ3) is 6.22. The van der Waals surface area contributed by atoms with Gasteiger partial charge in [0.05, 0.1) is 13.2 Å². The van der Waals surface area contributed by atoms with Crippen LogP contribution in [0.5, 0.6) is 0 Å². The number of carbonyl (C=O) groups excluding carboxylic acids is 1. The monoisotopic (exact) mass is 284 g/mol. The fraction of sp³-hybridized carbons (Fsp3) is 0.909. The standard InChI is InChI=1S/C11H19F3N2O3/c1-18-4-5-19-7-10(17)16-8-2-3-9(15-6-8)11(12,13)14/h8-9,15H,2-7H2,1H3,(H,16,17). The highest BCUT2D eigenvalue weighted by Crippen LogP contribution is 2.25. The smallest absolute Gasteiger partial charge is 0.382 e. The SMILES string of the molecule is COCCOCC(=O)NC1CCC(C(F)(F)F)NC1. The van der Waals surface area contributed by atoms with Gasteiger partial charge >= 0.3 is 6.18 Å². The first-order chi connectivity index (χ1) is 8.93. The van der Waals surface area contributed by atoms with Gasteiger partial charge in [-0.3, -0.25) is 4.79 Å². The molecule has 0 aromatic carbocycles. The summed E-state index contributed by atoms with van der Waals surface area (Å²) in [6.07, 6.45) is -3.95. The third-order valence-electron chi connectivity index (χ3n) is 2.84. The zero-order chi connectivity index (χ0) is 14.3. The second-order valence-electron chi connectivity index (χ2n) is 4.39. The van der Waals surface area contributed by atoms with Crippen LogP contribution >= 0.6 is 0 Å². The normalized spacial score (nSPS) is 24.2. The summed E-state index contributed by atoms with van der Waals surface area (Å²) in [7, 11) is 1.52. The van der Waals surface area contributed by atoms with Crippen molar-refractivity contribution in [3.8, 4) is 0 Å². The maximum atomic E-state index is 12.4. The molecule has 2 atom stereocenters. The van der Waals surface area contributed by atoms with Gasteiger partial charge in [0.15, 0.2) is 0 Å².